The molecule has 140 valence electrons. The van der Waals surface area contributed by atoms with Crippen LogP contribution < -0.4 is 9.64 Å². The molecule has 0 N–H and O–H groups in total. The summed E-state index contributed by atoms with van der Waals surface area (Å²) in [5, 5.41) is 8.95. The van der Waals surface area contributed by atoms with Gasteiger partial charge in [-0.25, -0.2) is 0 Å². The lowest BCUT2D eigenvalue weighted by Gasteiger charge is -2.28. The SMILES string of the molecule is COc1ccc([C@H]2CCCN2CC(=O)N(CCC#N)c2ccccc2)cc1. The van der Waals surface area contributed by atoms with Crippen LogP contribution in [0.4, 0.5) is 5.69 Å². The number of nitrogens with zero attached hydrogens (tertiary/aromatic N) is 3. The van der Waals surface area contributed by atoms with Gasteiger partial charge in [0.15, 0.2) is 0 Å². The minimum atomic E-state index is 0.0388. The third-order valence-electron chi connectivity index (χ3n) is 5.02. The van der Waals surface area contributed by atoms with Gasteiger partial charge in [-0.3, -0.25) is 9.69 Å². The molecule has 0 aliphatic carbocycles. The van der Waals surface area contributed by atoms with Crippen molar-refractivity contribution in [1.29, 1.82) is 5.26 Å². The van der Waals surface area contributed by atoms with Crippen molar-refractivity contribution in [2.45, 2.75) is 25.3 Å². The van der Waals surface area contributed by atoms with Gasteiger partial charge in [0, 0.05) is 18.3 Å². The Morgan fingerprint density at radius 3 is 2.63 bits per heavy atom. The normalized spacial score (nSPS) is 16.7. The fourth-order valence-corrected chi connectivity index (χ4v) is 3.65. The molecule has 1 saturated heterocycles. The van der Waals surface area contributed by atoms with Crippen LogP contribution in [-0.4, -0.2) is 37.6 Å². The van der Waals surface area contributed by atoms with Gasteiger partial charge in [0.2, 0.25) is 5.91 Å². The summed E-state index contributed by atoms with van der Waals surface area (Å²) in [4.78, 5) is 17.0. The number of nitriles is 1. The monoisotopic (exact) mass is 363 g/mol. The Hall–Kier alpha value is -2.84. The van der Waals surface area contributed by atoms with Crippen molar-refractivity contribution in [3.05, 3.63) is 60.2 Å². The lowest BCUT2D eigenvalue weighted by atomic mass is 10.0. The molecule has 1 atom stereocenters. The number of benzene rings is 2. The molecule has 5 heteroatoms. The molecule has 0 saturated carbocycles. The van der Waals surface area contributed by atoms with Crippen molar-refractivity contribution in [3.63, 3.8) is 0 Å². The third-order valence-corrected chi connectivity index (χ3v) is 5.02. The van der Waals surface area contributed by atoms with Gasteiger partial charge in [-0.2, -0.15) is 5.26 Å². The molecule has 0 aromatic heterocycles. The van der Waals surface area contributed by atoms with E-state index in [-0.39, 0.29) is 11.9 Å². The molecule has 1 aliphatic rings. The van der Waals surface area contributed by atoms with Gasteiger partial charge in [-0.1, -0.05) is 30.3 Å². The summed E-state index contributed by atoms with van der Waals surface area (Å²) in [7, 11) is 1.66. The van der Waals surface area contributed by atoms with Crippen molar-refractivity contribution in [1.82, 2.24) is 4.90 Å². The van der Waals surface area contributed by atoms with Crippen molar-refractivity contribution in [3.8, 4) is 11.8 Å². The van der Waals surface area contributed by atoms with E-state index < -0.39 is 0 Å². The fourth-order valence-electron chi connectivity index (χ4n) is 3.65. The molecular weight excluding hydrogens is 338 g/mol. The highest BCUT2D eigenvalue weighted by Gasteiger charge is 2.29. The maximum absolute atomic E-state index is 13.0. The molecule has 5 nitrogen and oxygen atoms in total. The Balaban J connectivity index is 1.72. The number of rotatable bonds is 7. The largest absolute Gasteiger partial charge is 0.497 e. The average molecular weight is 363 g/mol. The van der Waals surface area contributed by atoms with Crippen molar-refractivity contribution >= 4 is 11.6 Å². The number of carbonyl (C=O) groups excluding carboxylic acids is 1. The Morgan fingerprint density at radius 1 is 1.22 bits per heavy atom. The van der Waals surface area contributed by atoms with E-state index in [2.05, 4.69) is 23.1 Å². The first-order valence-corrected chi connectivity index (χ1v) is 9.33. The van der Waals surface area contributed by atoms with Gasteiger partial charge in [-0.05, 0) is 49.2 Å². The van der Waals surface area contributed by atoms with Crippen LogP contribution in [0.2, 0.25) is 0 Å². The number of likely N-dealkylation sites (tertiary alicyclic amines) is 1. The number of hydrogen-bond acceptors (Lipinski definition) is 4. The highest BCUT2D eigenvalue weighted by atomic mass is 16.5. The number of para-hydroxylation sites is 1. The Bertz CT molecular complexity index is 783. The van der Waals surface area contributed by atoms with E-state index >= 15 is 0 Å². The predicted octanol–water partition coefficient (Wildman–Crippen LogP) is 3.78. The van der Waals surface area contributed by atoms with Crippen LogP contribution in [-0.2, 0) is 4.79 Å². The van der Waals surface area contributed by atoms with Crippen LogP contribution in [0.5, 0.6) is 5.75 Å². The zero-order valence-corrected chi connectivity index (χ0v) is 15.7. The molecule has 1 fully saturated rings. The average Bonchev–Trinajstić information content (AvgIpc) is 3.17. The summed E-state index contributed by atoms with van der Waals surface area (Å²) in [6, 6.07) is 20.1. The highest BCUT2D eigenvalue weighted by Crippen LogP contribution is 2.32. The van der Waals surface area contributed by atoms with Crippen LogP contribution in [0.15, 0.2) is 54.6 Å². The lowest BCUT2D eigenvalue weighted by Crippen LogP contribution is -2.40. The van der Waals surface area contributed by atoms with Gasteiger partial charge in [0.1, 0.15) is 5.75 Å². The summed E-state index contributed by atoms with van der Waals surface area (Å²) in [6.07, 6.45) is 2.44. The van der Waals surface area contributed by atoms with E-state index in [1.165, 1.54) is 5.56 Å². The maximum atomic E-state index is 13.0. The van der Waals surface area contributed by atoms with Gasteiger partial charge in [0.25, 0.3) is 0 Å². The van der Waals surface area contributed by atoms with E-state index in [4.69, 9.17) is 10.00 Å². The van der Waals surface area contributed by atoms with Crippen LogP contribution >= 0.6 is 0 Å². The van der Waals surface area contributed by atoms with Gasteiger partial charge >= 0.3 is 0 Å². The summed E-state index contributed by atoms with van der Waals surface area (Å²) in [5.74, 6) is 0.878. The molecule has 2 aromatic rings. The maximum Gasteiger partial charge on any atom is 0.241 e. The van der Waals surface area contributed by atoms with Crippen molar-refractivity contribution < 1.29 is 9.53 Å². The molecule has 0 unspecified atom stereocenters. The van der Waals surface area contributed by atoms with Crippen molar-refractivity contribution in [2.24, 2.45) is 0 Å². The van der Waals surface area contributed by atoms with E-state index in [1.54, 1.807) is 12.0 Å². The van der Waals surface area contributed by atoms with E-state index in [0.29, 0.717) is 19.5 Å². The first kappa shape index (κ1) is 18.9. The van der Waals surface area contributed by atoms with Crippen LogP contribution in [0.3, 0.4) is 0 Å². The zero-order chi connectivity index (χ0) is 19.1. The minimum Gasteiger partial charge on any atom is -0.497 e. The number of ether oxygens (including phenoxy) is 1. The van der Waals surface area contributed by atoms with Gasteiger partial charge in [0.05, 0.1) is 26.1 Å². The quantitative estimate of drug-likeness (QED) is 0.751. The summed E-state index contributed by atoms with van der Waals surface area (Å²) in [5.41, 5.74) is 2.06. The minimum absolute atomic E-state index is 0.0388. The second-order valence-electron chi connectivity index (χ2n) is 6.69. The molecule has 1 heterocycles. The number of anilines is 1. The fraction of sp³-hybridized carbons (Fsp3) is 0.364. The Kier molecular flexibility index (Phi) is 6.45. The van der Waals surface area contributed by atoms with Crippen LogP contribution in [0, 0.1) is 11.3 Å². The summed E-state index contributed by atoms with van der Waals surface area (Å²) >= 11 is 0. The van der Waals surface area contributed by atoms with E-state index in [9.17, 15) is 4.79 Å². The molecule has 0 bridgehead atoms. The number of methoxy groups -OCH3 is 1. The first-order valence-electron chi connectivity index (χ1n) is 9.33. The second kappa shape index (κ2) is 9.20. The molecule has 3 rings (SSSR count). The Morgan fingerprint density at radius 2 is 1.96 bits per heavy atom. The number of carbonyl (C=O) groups is 1. The molecule has 1 amide bonds. The van der Waals surface area contributed by atoms with Crippen LogP contribution in [0.25, 0.3) is 0 Å². The lowest BCUT2D eigenvalue weighted by molar-refractivity contribution is -0.120. The van der Waals surface area contributed by atoms with Gasteiger partial charge < -0.3 is 9.64 Å². The van der Waals surface area contributed by atoms with Crippen LogP contribution in [0.1, 0.15) is 30.9 Å². The number of hydrogen-bond donors (Lipinski definition) is 0. The third kappa shape index (κ3) is 4.66. The van der Waals surface area contributed by atoms with E-state index in [0.717, 1.165) is 30.8 Å². The van der Waals surface area contributed by atoms with Crippen molar-refractivity contribution in [2.75, 3.05) is 31.6 Å². The molecule has 27 heavy (non-hydrogen) atoms. The molecule has 2 aromatic carbocycles. The van der Waals surface area contributed by atoms with E-state index in [1.807, 2.05) is 42.5 Å². The standard InChI is InChI=1S/C22H25N3O2/c1-27-20-12-10-18(11-13-20)21-9-5-15-24(21)17-22(26)25(16-6-14-23)19-7-3-2-4-8-19/h2-4,7-8,10-13,21H,5-6,9,15-17H2,1H3/t21-/m1/s1. The number of amides is 1. The highest BCUT2D eigenvalue weighted by molar-refractivity contribution is 5.94. The molecule has 0 spiro atoms. The predicted molar refractivity (Wildman–Crippen MR) is 106 cm³/mol. The molecule has 1 aliphatic heterocycles. The van der Waals surface area contributed by atoms with Gasteiger partial charge in [-0.15, -0.1) is 0 Å². The summed E-state index contributed by atoms with van der Waals surface area (Å²) in [6.45, 7) is 1.68. The summed E-state index contributed by atoms with van der Waals surface area (Å²) < 4.78 is 5.24. The zero-order valence-electron chi connectivity index (χ0n) is 15.7. The molecule has 0 radical (unpaired) electrons. The topological polar surface area (TPSA) is 56.6 Å². The Labute approximate surface area is 160 Å². The smallest absolute Gasteiger partial charge is 0.241 e. The first-order chi connectivity index (χ1) is 13.2. The molecular formula is C22H25N3O2. The second-order valence-corrected chi connectivity index (χ2v) is 6.69.